The van der Waals surface area contributed by atoms with E-state index in [2.05, 4.69) is 10.2 Å². The minimum Gasteiger partial charge on any atom is -0.367 e. The number of aliphatic hydroxyl groups excluding tert-OH is 2. The van der Waals surface area contributed by atoms with Crippen molar-refractivity contribution in [3.05, 3.63) is 34.9 Å². The van der Waals surface area contributed by atoms with Crippen molar-refractivity contribution in [2.24, 2.45) is 0 Å². The first-order valence-corrected chi connectivity index (χ1v) is 5.05. The lowest BCUT2D eigenvalue weighted by Crippen LogP contribution is -2.30. The highest BCUT2D eigenvalue weighted by atomic mass is 16.3. The smallest absolute Gasteiger partial charge is 0.190 e. The van der Waals surface area contributed by atoms with Crippen molar-refractivity contribution in [3.63, 3.8) is 0 Å². The minimum atomic E-state index is -0.880. The standard InChI is InChI=1S/C10H12N4O2/c1-5-3-11-13-7(5)9(15)14-8(10(13)16)6(2)4-12-14/h3-4,9-10,15-16H,1-2H3/t9-,10+. The fraction of sp³-hybridized carbons (Fsp3) is 0.400. The van der Waals surface area contributed by atoms with Crippen LogP contribution >= 0.6 is 0 Å². The zero-order chi connectivity index (χ0) is 11.4. The molecule has 2 atom stereocenters. The van der Waals surface area contributed by atoms with Gasteiger partial charge in [0.05, 0.1) is 23.8 Å². The Kier molecular flexibility index (Phi) is 1.75. The average Bonchev–Trinajstić information content (AvgIpc) is 2.80. The van der Waals surface area contributed by atoms with Crippen LogP contribution < -0.4 is 0 Å². The number of hydrogen-bond acceptors (Lipinski definition) is 4. The molecule has 0 saturated heterocycles. The van der Waals surface area contributed by atoms with E-state index in [1.54, 1.807) is 12.4 Å². The SMILES string of the molecule is Cc1cnn2c1[C@H](O)n1ncc(C)c1[C@H]2O. The first-order chi connectivity index (χ1) is 7.61. The second kappa shape index (κ2) is 2.93. The van der Waals surface area contributed by atoms with Gasteiger partial charge in [0.2, 0.25) is 0 Å². The van der Waals surface area contributed by atoms with Crippen molar-refractivity contribution in [2.45, 2.75) is 26.3 Å². The fourth-order valence-electron chi connectivity index (χ4n) is 2.18. The number of aryl methyl sites for hydroxylation is 2. The van der Waals surface area contributed by atoms with Crippen molar-refractivity contribution in [1.29, 1.82) is 0 Å². The molecule has 6 heteroatoms. The molecule has 1 aliphatic heterocycles. The summed E-state index contributed by atoms with van der Waals surface area (Å²) in [6.07, 6.45) is 1.50. The van der Waals surface area contributed by atoms with Gasteiger partial charge in [-0.05, 0) is 25.0 Å². The summed E-state index contributed by atoms with van der Waals surface area (Å²) in [5.74, 6) is 0. The molecule has 0 amide bonds. The molecule has 2 N–H and O–H groups in total. The Balaban J connectivity index is 2.29. The molecule has 2 aromatic rings. The van der Waals surface area contributed by atoms with E-state index in [9.17, 15) is 10.2 Å². The highest BCUT2D eigenvalue weighted by Crippen LogP contribution is 2.33. The average molecular weight is 220 g/mol. The molecular weight excluding hydrogens is 208 g/mol. The zero-order valence-electron chi connectivity index (χ0n) is 8.99. The quantitative estimate of drug-likeness (QED) is 0.659. The van der Waals surface area contributed by atoms with E-state index in [0.29, 0.717) is 11.4 Å². The lowest BCUT2D eigenvalue weighted by atomic mass is 10.1. The van der Waals surface area contributed by atoms with E-state index < -0.39 is 12.5 Å². The monoisotopic (exact) mass is 220 g/mol. The van der Waals surface area contributed by atoms with Crippen LogP contribution in [0.2, 0.25) is 0 Å². The second-order valence-corrected chi connectivity index (χ2v) is 4.06. The van der Waals surface area contributed by atoms with Crippen molar-refractivity contribution < 1.29 is 10.2 Å². The molecule has 0 bridgehead atoms. The van der Waals surface area contributed by atoms with E-state index in [1.807, 2.05) is 13.8 Å². The third-order valence-corrected chi connectivity index (χ3v) is 3.01. The first-order valence-electron chi connectivity index (χ1n) is 5.05. The number of hydrogen-bond donors (Lipinski definition) is 2. The minimum absolute atomic E-state index is 0.586. The fourth-order valence-corrected chi connectivity index (χ4v) is 2.18. The van der Waals surface area contributed by atoms with Crippen LogP contribution in [0.4, 0.5) is 0 Å². The Morgan fingerprint density at radius 1 is 0.938 bits per heavy atom. The van der Waals surface area contributed by atoms with Crippen LogP contribution in [-0.4, -0.2) is 29.8 Å². The highest BCUT2D eigenvalue weighted by molar-refractivity contribution is 5.28. The van der Waals surface area contributed by atoms with Gasteiger partial charge in [-0.2, -0.15) is 10.2 Å². The third-order valence-electron chi connectivity index (χ3n) is 3.01. The molecule has 3 rings (SSSR count). The predicted molar refractivity (Wildman–Crippen MR) is 54.6 cm³/mol. The van der Waals surface area contributed by atoms with Crippen LogP contribution in [0.25, 0.3) is 0 Å². The van der Waals surface area contributed by atoms with E-state index in [4.69, 9.17) is 0 Å². The van der Waals surface area contributed by atoms with Crippen LogP contribution in [0.3, 0.4) is 0 Å². The molecular formula is C10H12N4O2. The van der Waals surface area contributed by atoms with Gasteiger partial charge in [0.1, 0.15) is 0 Å². The number of fused-ring (bicyclic) bond motifs is 2. The van der Waals surface area contributed by atoms with Gasteiger partial charge >= 0.3 is 0 Å². The second-order valence-electron chi connectivity index (χ2n) is 4.06. The summed E-state index contributed by atoms with van der Waals surface area (Å²) < 4.78 is 2.87. The van der Waals surface area contributed by atoms with Gasteiger partial charge in [-0.3, -0.25) is 0 Å². The lowest BCUT2D eigenvalue weighted by molar-refractivity contribution is 0.0417. The molecule has 2 aromatic heterocycles. The van der Waals surface area contributed by atoms with E-state index in [1.165, 1.54) is 9.36 Å². The molecule has 0 aliphatic carbocycles. The Hall–Kier alpha value is -1.66. The molecule has 1 aliphatic rings. The molecule has 0 aromatic carbocycles. The third kappa shape index (κ3) is 0.975. The molecule has 0 spiro atoms. The number of aliphatic hydroxyl groups is 2. The van der Waals surface area contributed by atoms with Crippen LogP contribution in [0.1, 0.15) is 35.0 Å². The molecule has 0 fully saturated rings. The zero-order valence-corrected chi connectivity index (χ0v) is 8.99. The number of aromatic nitrogens is 4. The van der Waals surface area contributed by atoms with Crippen LogP contribution in [0.5, 0.6) is 0 Å². The van der Waals surface area contributed by atoms with Gasteiger partial charge in [-0.25, -0.2) is 9.36 Å². The van der Waals surface area contributed by atoms with Gasteiger partial charge in [0, 0.05) is 0 Å². The largest absolute Gasteiger partial charge is 0.367 e. The maximum Gasteiger partial charge on any atom is 0.190 e. The Morgan fingerprint density at radius 3 is 1.69 bits per heavy atom. The first kappa shape index (κ1) is 9.56. The topological polar surface area (TPSA) is 76.1 Å². The molecule has 6 nitrogen and oxygen atoms in total. The van der Waals surface area contributed by atoms with Gasteiger partial charge in [-0.15, -0.1) is 0 Å². The predicted octanol–water partition coefficient (Wildman–Crippen LogP) is 0.0882. The van der Waals surface area contributed by atoms with E-state index in [0.717, 1.165) is 11.1 Å². The van der Waals surface area contributed by atoms with Crippen LogP contribution in [-0.2, 0) is 0 Å². The summed E-state index contributed by atoms with van der Waals surface area (Å²) in [7, 11) is 0. The van der Waals surface area contributed by atoms with Gasteiger partial charge in [-0.1, -0.05) is 0 Å². The molecule has 3 heterocycles. The van der Waals surface area contributed by atoms with E-state index in [-0.39, 0.29) is 0 Å². The molecule has 84 valence electrons. The number of rotatable bonds is 0. The molecule has 0 unspecified atom stereocenters. The summed E-state index contributed by atoms with van der Waals surface area (Å²) in [6, 6.07) is 0. The Bertz CT molecular complexity index is 507. The molecule has 0 radical (unpaired) electrons. The Labute approximate surface area is 91.7 Å². The highest BCUT2D eigenvalue weighted by Gasteiger charge is 2.33. The summed E-state index contributed by atoms with van der Waals surface area (Å²) in [5.41, 5.74) is 2.85. The van der Waals surface area contributed by atoms with Crippen molar-refractivity contribution >= 4 is 0 Å². The van der Waals surface area contributed by atoms with Gasteiger partial charge < -0.3 is 10.2 Å². The van der Waals surface area contributed by atoms with Crippen LogP contribution in [0, 0.1) is 13.8 Å². The summed E-state index contributed by atoms with van der Waals surface area (Å²) in [4.78, 5) is 0. The molecule has 0 saturated carbocycles. The lowest BCUT2D eigenvalue weighted by Gasteiger charge is -2.27. The van der Waals surface area contributed by atoms with Crippen LogP contribution in [0.15, 0.2) is 12.4 Å². The molecule has 16 heavy (non-hydrogen) atoms. The van der Waals surface area contributed by atoms with Crippen molar-refractivity contribution in [1.82, 2.24) is 19.6 Å². The number of nitrogens with zero attached hydrogens (tertiary/aromatic N) is 4. The summed E-state index contributed by atoms with van der Waals surface area (Å²) >= 11 is 0. The Morgan fingerprint density at radius 2 is 1.31 bits per heavy atom. The van der Waals surface area contributed by atoms with E-state index >= 15 is 0 Å². The van der Waals surface area contributed by atoms with Gasteiger partial charge in [0.15, 0.2) is 12.5 Å². The van der Waals surface area contributed by atoms with Crippen molar-refractivity contribution in [2.75, 3.05) is 0 Å². The summed E-state index contributed by atoms with van der Waals surface area (Å²) in [5, 5.41) is 28.4. The maximum atomic E-state index is 10.1. The summed E-state index contributed by atoms with van der Waals surface area (Å²) in [6.45, 7) is 3.69. The van der Waals surface area contributed by atoms with Gasteiger partial charge in [0.25, 0.3) is 0 Å². The normalized spacial score (nSPS) is 23.0. The maximum absolute atomic E-state index is 10.1. The van der Waals surface area contributed by atoms with Crippen molar-refractivity contribution in [3.8, 4) is 0 Å².